The Kier molecular flexibility index (Phi) is 2.36. The van der Waals surface area contributed by atoms with Crippen molar-refractivity contribution in [2.24, 2.45) is 17.0 Å². The van der Waals surface area contributed by atoms with Gasteiger partial charge in [0, 0.05) is 18.8 Å². The van der Waals surface area contributed by atoms with Crippen LogP contribution in [-0.2, 0) is 0 Å². The van der Waals surface area contributed by atoms with E-state index in [1.165, 1.54) is 6.20 Å². The molecule has 3 atom stereocenters. The van der Waals surface area contributed by atoms with Gasteiger partial charge in [-0.25, -0.2) is 9.55 Å². The largest absolute Gasteiger partial charge is 0.411 e. The first kappa shape index (κ1) is 11.2. The Morgan fingerprint density at radius 1 is 1.61 bits per heavy atom. The average Bonchev–Trinajstić information content (AvgIpc) is 3.00. The molecule has 2 fully saturated rings. The zero-order chi connectivity index (χ0) is 12.9. The van der Waals surface area contributed by atoms with Crippen LogP contribution in [0.3, 0.4) is 0 Å². The van der Waals surface area contributed by atoms with E-state index in [-0.39, 0.29) is 17.8 Å². The molecule has 18 heavy (non-hydrogen) atoms. The Morgan fingerprint density at radius 2 is 2.39 bits per heavy atom. The van der Waals surface area contributed by atoms with Gasteiger partial charge < -0.3 is 15.3 Å². The summed E-state index contributed by atoms with van der Waals surface area (Å²) < 4.78 is 1.61. The maximum Gasteiger partial charge on any atom is 0.343 e. The number of nitrogens with zero attached hydrogens (tertiary/aromatic N) is 4. The van der Waals surface area contributed by atoms with Crippen molar-refractivity contribution in [2.75, 3.05) is 0 Å². The number of aryl methyl sites for hydroxylation is 1. The highest BCUT2D eigenvalue weighted by Gasteiger charge is 2.50. The molecule has 0 aromatic carbocycles. The lowest BCUT2D eigenvalue weighted by Crippen LogP contribution is -2.27. The zero-order valence-corrected chi connectivity index (χ0v) is 9.98. The van der Waals surface area contributed by atoms with Gasteiger partial charge in [-0.3, -0.25) is 0 Å². The highest BCUT2D eigenvalue weighted by atomic mass is 16.6. The van der Waals surface area contributed by atoms with E-state index in [1.54, 1.807) is 11.5 Å². The van der Waals surface area contributed by atoms with Crippen molar-refractivity contribution in [1.82, 2.24) is 9.55 Å². The van der Waals surface area contributed by atoms with Crippen LogP contribution in [0.1, 0.15) is 31.1 Å². The summed E-state index contributed by atoms with van der Waals surface area (Å²) >= 11 is 0. The predicted octanol–water partition coefficient (Wildman–Crippen LogP) is 1.90. The number of aromatic nitrogens is 2. The highest BCUT2D eigenvalue weighted by Crippen LogP contribution is 2.50. The molecule has 1 aromatic rings. The van der Waals surface area contributed by atoms with Crippen LogP contribution in [-0.4, -0.2) is 25.4 Å². The van der Waals surface area contributed by atoms with Crippen molar-refractivity contribution in [3.63, 3.8) is 0 Å². The lowest BCUT2D eigenvalue weighted by Gasteiger charge is -2.21. The van der Waals surface area contributed by atoms with Crippen LogP contribution in [0.15, 0.2) is 11.4 Å². The van der Waals surface area contributed by atoms with Gasteiger partial charge in [0.1, 0.15) is 18.0 Å². The van der Waals surface area contributed by atoms with Crippen LogP contribution in [0.4, 0.5) is 5.82 Å². The molecule has 3 unspecified atom stereocenters. The minimum atomic E-state index is -0.430. The van der Waals surface area contributed by atoms with E-state index >= 15 is 0 Å². The minimum Gasteiger partial charge on any atom is -0.411 e. The number of oxime groups is 1. The summed E-state index contributed by atoms with van der Waals surface area (Å²) in [5.41, 5.74) is 0.676. The molecule has 1 aromatic heterocycles. The molecule has 1 heterocycles. The van der Waals surface area contributed by atoms with Crippen LogP contribution in [0.25, 0.3) is 0 Å². The van der Waals surface area contributed by atoms with Crippen molar-refractivity contribution in [3.05, 3.63) is 22.1 Å². The molecule has 2 bridgehead atoms. The van der Waals surface area contributed by atoms with Gasteiger partial charge in [-0.2, -0.15) is 0 Å². The van der Waals surface area contributed by atoms with E-state index in [9.17, 15) is 10.1 Å². The third-order valence-corrected chi connectivity index (χ3v) is 4.18. The normalized spacial score (nSPS) is 32.3. The van der Waals surface area contributed by atoms with Gasteiger partial charge in [-0.15, -0.1) is 0 Å². The number of imidazole rings is 1. The summed E-state index contributed by atoms with van der Waals surface area (Å²) in [6, 6.07) is -0.198. The molecule has 1 N–H and O–H groups in total. The van der Waals surface area contributed by atoms with E-state index in [4.69, 9.17) is 5.21 Å². The minimum absolute atomic E-state index is 0.0220. The fourth-order valence-electron chi connectivity index (χ4n) is 3.46. The maximum atomic E-state index is 11.0. The Hall–Kier alpha value is -1.92. The molecular weight excluding hydrogens is 236 g/mol. The second-order valence-corrected chi connectivity index (χ2v) is 5.03. The van der Waals surface area contributed by atoms with Gasteiger partial charge in [0.25, 0.3) is 0 Å². The quantitative estimate of drug-likeness (QED) is 0.492. The van der Waals surface area contributed by atoms with Crippen LogP contribution in [0.5, 0.6) is 0 Å². The van der Waals surface area contributed by atoms with Gasteiger partial charge in [-0.05, 0) is 24.2 Å². The van der Waals surface area contributed by atoms with Crippen LogP contribution in [0.2, 0.25) is 0 Å². The molecule has 0 saturated heterocycles. The molecule has 2 aliphatic rings. The van der Waals surface area contributed by atoms with E-state index in [0.717, 1.165) is 19.3 Å². The number of rotatable bonds is 2. The summed E-state index contributed by atoms with van der Waals surface area (Å²) in [4.78, 5) is 14.6. The first-order valence-corrected chi connectivity index (χ1v) is 6.03. The number of hydrogen-bond donors (Lipinski definition) is 1. The standard InChI is InChI=1S/C11H14N4O3/c1-6-12-5-9(15(17)18)14(6)11-8-3-2-7(4-8)10(11)13-16/h5,7-8,11,16H,2-4H2,1H3/b13-10+. The van der Waals surface area contributed by atoms with Gasteiger partial charge in [0.05, 0.1) is 0 Å². The van der Waals surface area contributed by atoms with Crippen LogP contribution >= 0.6 is 0 Å². The SMILES string of the molecule is Cc1ncc([N+](=O)[O-])n1C1/C(=N/O)C2CCC1C2. The fourth-order valence-corrected chi connectivity index (χ4v) is 3.46. The fraction of sp³-hybridized carbons (Fsp3) is 0.636. The lowest BCUT2D eigenvalue weighted by atomic mass is 9.93. The third kappa shape index (κ3) is 1.36. The van der Waals surface area contributed by atoms with E-state index < -0.39 is 4.92 Å². The van der Waals surface area contributed by atoms with E-state index in [2.05, 4.69) is 10.1 Å². The Morgan fingerprint density at radius 3 is 3.06 bits per heavy atom. The molecule has 7 heteroatoms. The number of hydrogen-bond acceptors (Lipinski definition) is 5. The molecule has 7 nitrogen and oxygen atoms in total. The molecular formula is C11H14N4O3. The highest BCUT2D eigenvalue weighted by molar-refractivity contribution is 5.93. The van der Waals surface area contributed by atoms with Crippen molar-refractivity contribution >= 4 is 11.5 Å². The van der Waals surface area contributed by atoms with E-state index in [1.807, 2.05) is 0 Å². The topological polar surface area (TPSA) is 93.5 Å². The molecule has 2 aliphatic carbocycles. The summed E-state index contributed by atoms with van der Waals surface area (Å²) in [5, 5.41) is 23.6. The summed E-state index contributed by atoms with van der Waals surface area (Å²) in [6.45, 7) is 1.74. The Balaban J connectivity index is 2.10. The summed E-state index contributed by atoms with van der Waals surface area (Å²) in [6.07, 6.45) is 4.28. The molecule has 0 radical (unpaired) electrons. The van der Waals surface area contributed by atoms with Crippen molar-refractivity contribution in [1.29, 1.82) is 0 Å². The second-order valence-electron chi connectivity index (χ2n) is 5.03. The molecule has 2 saturated carbocycles. The summed E-state index contributed by atoms with van der Waals surface area (Å²) in [5.74, 6) is 1.17. The number of nitro groups is 1. The van der Waals surface area contributed by atoms with Gasteiger partial charge in [0.2, 0.25) is 0 Å². The summed E-state index contributed by atoms with van der Waals surface area (Å²) in [7, 11) is 0. The molecule has 3 rings (SSSR count). The molecule has 96 valence electrons. The van der Waals surface area contributed by atoms with Gasteiger partial charge in [0.15, 0.2) is 5.82 Å². The van der Waals surface area contributed by atoms with Gasteiger partial charge >= 0.3 is 5.82 Å². The van der Waals surface area contributed by atoms with Crippen molar-refractivity contribution < 1.29 is 10.1 Å². The first-order valence-electron chi connectivity index (χ1n) is 6.03. The predicted molar refractivity (Wildman–Crippen MR) is 62.7 cm³/mol. The first-order chi connectivity index (χ1) is 8.63. The monoisotopic (exact) mass is 250 g/mol. The Labute approximate surface area is 103 Å². The molecule has 0 spiro atoms. The second kappa shape index (κ2) is 3.79. The lowest BCUT2D eigenvalue weighted by molar-refractivity contribution is -0.392. The molecule has 0 aliphatic heterocycles. The smallest absolute Gasteiger partial charge is 0.343 e. The average molecular weight is 250 g/mol. The van der Waals surface area contributed by atoms with Crippen molar-refractivity contribution in [2.45, 2.75) is 32.2 Å². The van der Waals surface area contributed by atoms with Crippen molar-refractivity contribution in [3.8, 4) is 0 Å². The van der Waals surface area contributed by atoms with Crippen LogP contribution in [0, 0.1) is 28.9 Å². The van der Waals surface area contributed by atoms with E-state index in [0.29, 0.717) is 17.5 Å². The third-order valence-electron chi connectivity index (χ3n) is 4.18. The zero-order valence-electron chi connectivity index (χ0n) is 9.98. The molecule has 0 amide bonds. The maximum absolute atomic E-state index is 11.0. The Bertz CT molecular complexity index is 536. The van der Waals surface area contributed by atoms with Crippen LogP contribution < -0.4 is 0 Å². The van der Waals surface area contributed by atoms with Gasteiger partial charge in [-0.1, -0.05) is 5.16 Å². The number of fused-ring (bicyclic) bond motifs is 2.